The maximum Gasteiger partial charge on any atom is 0.266 e. The van der Waals surface area contributed by atoms with Crippen molar-refractivity contribution in [3.8, 4) is 23.3 Å². The standard InChI is InChI=1S/C20H19ClN2O4/c1-12-7-17(19(27-4)10-16(12)21)23-20(24)14(11-22)8-13-5-6-15(25-2)9-18(13)26-3/h5-10H,1-4H3,(H,23,24)/b14-8+. The van der Waals surface area contributed by atoms with Gasteiger partial charge in [-0.3, -0.25) is 4.79 Å². The molecule has 0 aliphatic rings. The number of anilines is 1. The zero-order chi connectivity index (χ0) is 20.0. The predicted octanol–water partition coefficient (Wildman–Crippen LogP) is 4.22. The van der Waals surface area contributed by atoms with Gasteiger partial charge in [-0.1, -0.05) is 11.6 Å². The van der Waals surface area contributed by atoms with E-state index in [2.05, 4.69) is 5.32 Å². The van der Waals surface area contributed by atoms with E-state index in [1.54, 1.807) is 44.4 Å². The van der Waals surface area contributed by atoms with Crippen LogP contribution < -0.4 is 19.5 Å². The topological polar surface area (TPSA) is 80.6 Å². The minimum atomic E-state index is -0.574. The molecule has 0 aliphatic carbocycles. The number of nitriles is 1. The smallest absolute Gasteiger partial charge is 0.266 e. The van der Waals surface area contributed by atoms with E-state index in [-0.39, 0.29) is 5.57 Å². The molecule has 0 atom stereocenters. The molecule has 0 saturated heterocycles. The normalized spacial score (nSPS) is 10.7. The van der Waals surface area contributed by atoms with Crippen molar-refractivity contribution in [3.05, 3.63) is 52.1 Å². The molecule has 2 aromatic carbocycles. The fourth-order valence-electron chi connectivity index (χ4n) is 2.36. The molecule has 6 nitrogen and oxygen atoms in total. The van der Waals surface area contributed by atoms with Crippen molar-refractivity contribution in [2.75, 3.05) is 26.6 Å². The van der Waals surface area contributed by atoms with Crippen LogP contribution in [-0.4, -0.2) is 27.2 Å². The summed E-state index contributed by atoms with van der Waals surface area (Å²) < 4.78 is 15.7. The van der Waals surface area contributed by atoms with Crippen LogP contribution in [0.25, 0.3) is 6.08 Å². The Morgan fingerprint density at radius 1 is 1.11 bits per heavy atom. The van der Waals surface area contributed by atoms with Crippen LogP contribution in [0, 0.1) is 18.3 Å². The molecule has 2 aromatic rings. The molecule has 0 aliphatic heterocycles. The lowest BCUT2D eigenvalue weighted by molar-refractivity contribution is -0.112. The maximum absolute atomic E-state index is 12.6. The SMILES string of the molecule is COc1ccc(/C=C(\C#N)C(=O)Nc2cc(C)c(Cl)cc2OC)c(OC)c1. The number of halogens is 1. The third kappa shape index (κ3) is 4.72. The van der Waals surface area contributed by atoms with Crippen LogP contribution in [0.5, 0.6) is 17.2 Å². The monoisotopic (exact) mass is 386 g/mol. The van der Waals surface area contributed by atoms with Gasteiger partial charge in [-0.25, -0.2) is 0 Å². The Balaban J connectivity index is 2.36. The van der Waals surface area contributed by atoms with Gasteiger partial charge >= 0.3 is 0 Å². The van der Waals surface area contributed by atoms with Gasteiger partial charge in [0.1, 0.15) is 28.9 Å². The highest BCUT2D eigenvalue weighted by Gasteiger charge is 2.15. The highest BCUT2D eigenvalue weighted by Crippen LogP contribution is 2.31. The van der Waals surface area contributed by atoms with Crippen LogP contribution in [0.1, 0.15) is 11.1 Å². The number of nitrogens with one attached hydrogen (secondary N) is 1. The molecule has 7 heteroatoms. The molecule has 2 rings (SSSR count). The van der Waals surface area contributed by atoms with Crippen molar-refractivity contribution in [1.29, 1.82) is 5.26 Å². The Morgan fingerprint density at radius 2 is 1.81 bits per heavy atom. The second-order valence-corrected chi connectivity index (χ2v) is 5.94. The summed E-state index contributed by atoms with van der Waals surface area (Å²) in [7, 11) is 4.51. The molecular weight excluding hydrogens is 368 g/mol. The van der Waals surface area contributed by atoms with Gasteiger partial charge in [0, 0.05) is 22.7 Å². The quantitative estimate of drug-likeness (QED) is 0.593. The first-order valence-corrected chi connectivity index (χ1v) is 8.30. The summed E-state index contributed by atoms with van der Waals surface area (Å²) in [4.78, 5) is 12.6. The Morgan fingerprint density at radius 3 is 2.41 bits per heavy atom. The van der Waals surface area contributed by atoms with Crippen molar-refractivity contribution in [2.45, 2.75) is 6.92 Å². The molecule has 1 N–H and O–H groups in total. The van der Waals surface area contributed by atoms with E-state index in [4.69, 9.17) is 25.8 Å². The van der Waals surface area contributed by atoms with E-state index in [1.807, 2.05) is 6.07 Å². The Bertz CT molecular complexity index is 932. The highest BCUT2D eigenvalue weighted by atomic mass is 35.5. The summed E-state index contributed by atoms with van der Waals surface area (Å²) in [6.07, 6.45) is 1.45. The van der Waals surface area contributed by atoms with Crippen LogP contribution in [0.15, 0.2) is 35.9 Å². The van der Waals surface area contributed by atoms with Crippen LogP contribution >= 0.6 is 11.6 Å². The molecule has 0 spiro atoms. The lowest BCUT2D eigenvalue weighted by Gasteiger charge is -2.12. The zero-order valence-corrected chi connectivity index (χ0v) is 16.2. The third-order valence-corrected chi connectivity index (χ3v) is 4.24. The lowest BCUT2D eigenvalue weighted by Crippen LogP contribution is -2.14. The number of ether oxygens (including phenoxy) is 3. The van der Waals surface area contributed by atoms with Crippen molar-refractivity contribution in [2.24, 2.45) is 0 Å². The molecule has 0 unspecified atom stereocenters. The number of carbonyl (C=O) groups is 1. The maximum atomic E-state index is 12.6. The largest absolute Gasteiger partial charge is 0.497 e. The second-order valence-electron chi connectivity index (χ2n) is 5.53. The fourth-order valence-corrected chi connectivity index (χ4v) is 2.51. The van der Waals surface area contributed by atoms with Crippen molar-refractivity contribution in [3.63, 3.8) is 0 Å². The molecule has 1 amide bonds. The number of rotatable bonds is 6. The first-order valence-electron chi connectivity index (χ1n) is 7.92. The highest BCUT2D eigenvalue weighted by molar-refractivity contribution is 6.31. The van der Waals surface area contributed by atoms with Crippen molar-refractivity contribution in [1.82, 2.24) is 0 Å². The number of aryl methyl sites for hydroxylation is 1. The van der Waals surface area contributed by atoms with E-state index >= 15 is 0 Å². The number of hydrogen-bond donors (Lipinski definition) is 1. The summed E-state index contributed by atoms with van der Waals surface area (Å²) in [6, 6.07) is 10.3. The lowest BCUT2D eigenvalue weighted by atomic mass is 10.1. The average molecular weight is 387 g/mol. The van der Waals surface area contributed by atoms with Gasteiger partial charge in [-0.2, -0.15) is 5.26 Å². The van der Waals surface area contributed by atoms with Crippen LogP contribution in [0.4, 0.5) is 5.69 Å². The molecule has 0 heterocycles. The number of nitrogens with zero attached hydrogens (tertiary/aromatic N) is 1. The molecule has 0 saturated carbocycles. The number of benzene rings is 2. The summed E-state index contributed by atoms with van der Waals surface area (Å²) in [5, 5.41) is 12.6. The van der Waals surface area contributed by atoms with Crippen molar-refractivity contribution < 1.29 is 19.0 Å². The van der Waals surface area contributed by atoms with Gasteiger partial charge < -0.3 is 19.5 Å². The van der Waals surface area contributed by atoms with E-state index in [9.17, 15) is 10.1 Å². The molecule has 0 bridgehead atoms. The first kappa shape index (κ1) is 20.1. The van der Waals surface area contributed by atoms with E-state index in [1.165, 1.54) is 20.3 Å². The summed E-state index contributed by atoms with van der Waals surface area (Å²) in [6.45, 7) is 1.81. The molecule has 0 radical (unpaired) electrons. The van der Waals surface area contributed by atoms with Gasteiger partial charge in [0.05, 0.1) is 27.0 Å². The minimum Gasteiger partial charge on any atom is -0.497 e. The molecular formula is C20H19ClN2O4. The first-order chi connectivity index (χ1) is 12.9. The summed E-state index contributed by atoms with van der Waals surface area (Å²) in [5.41, 5.74) is 1.68. The van der Waals surface area contributed by atoms with Crippen LogP contribution in [0.3, 0.4) is 0 Å². The average Bonchev–Trinajstić information content (AvgIpc) is 2.68. The van der Waals surface area contributed by atoms with E-state index < -0.39 is 5.91 Å². The van der Waals surface area contributed by atoms with Gasteiger partial charge in [-0.05, 0) is 36.8 Å². The molecule has 0 fully saturated rings. The third-order valence-electron chi connectivity index (χ3n) is 3.83. The van der Waals surface area contributed by atoms with E-state index in [0.717, 1.165) is 5.56 Å². The summed E-state index contributed by atoms with van der Waals surface area (Å²) in [5.74, 6) is 0.914. The van der Waals surface area contributed by atoms with E-state index in [0.29, 0.717) is 33.5 Å². The van der Waals surface area contributed by atoms with Gasteiger partial charge in [-0.15, -0.1) is 0 Å². The van der Waals surface area contributed by atoms with Gasteiger partial charge in [0.15, 0.2) is 0 Å². The number of carbonyl (C=O) groups excluding carboxylic acids is 1. The fraction of sp³-hybridized carbons (Fsp3) is 0.200. The van der Waals surface area contributed by atoms with Crippen LogP contribution in [-0.2, 0) is 4.79 Å². The molecule has 0 aromatic heterocycles. The Kier molecular flexibility index (Phi) is 6.69. The van der Waals surface area contributed by atoms with Gasteiger partial charge in [0.25, 0.3) is 5.91 Å². The van der Waals surface area contributed by atoms with Crippen LogP contribution in [0.2, 0.25) is 5.02 Å². The molecule has 140 valence electrons. The Hall–Kier alpha value is -3.17. The number of amides is 1. The number of methoxy groups -OCH3 is 3. The van der Waals surface area contributed by atoms with Crippen molar-refractivity contribution >= 4 is 29.3 Å². The van der Waals surface area contributed by atoms with Gasteiger partial charge in [0.2, 0.25) is 0 Å². The zero-order valence-electron chi connectivity index (χ0n) is 15.4. The Labute approximate surface area is 162 Å². The molecule has 27 heavy (non-hydrogen) atoms. The number of hydrogen-bond acceptors (Lipinski definition) is 5. The summed E-state index contributed by atoms with van der Waals surface area (Å²) >= 11 is 6.08. The minimum absolute atomic E-state index is 0.0897. The predicted molar refractivity (Wildman–Crippen MR) is 105 cm³/mol. The second kappa shape index (κ2) is 8.97.